The lowest BCUT2D eigenvalue weighted by Crippen LogP contribution is -2.10. The quantitative estimate of drug-likeness (QED) is 0.352. The standard InChI is InChI=1S/C25H18O6/c1-15-5-3-4-6-19(15)25(28)30-18-11-12-20-21(14-18)31-22(23(20)26)13-16-7-9-17(10-8-16)24(27)29-2/h3-14H,1-2H3. The van der Waals surface area contributed by atoms with Gasteiger partial charge in [-0.05, 0) is 54.5 Å². The van der Waals surface area contributed by atoms with E-state index >= 15 is 0 Å². The number of aryl methyl sites for hydroxylation is 1. The van der Waals surface area contributed by atoms with E-state index in [-0.39, 0.29) is 17.3 Å². The van der Waals surface area contributed by atoms with Crippen molar-refractivity contribution in [3.05, 3.63) is 100 Å². The summed E-state index contributed by atoms with van der Waals surface area (Å²) in [6.07, 6.45) is 1.59. The van der Waals surface area contributed by atoms with Gasteiger partial charge >= 0.3 is 11.9 Å². The second-order valence-electron chi connectivity index (χ2n) is 6.92. The molecule has 0 atom stereocenters. The minimum absolute atomic E-state index is 0.142. The third kappa shape index (κ3) is 4.09. The second-order valence-corrected chi connectivity index (χ2v) is 6.92. The van der Waals surface area contributed by atoms with Crippen LogP contribution in [0.3, 0.4) is 0 Å². The molecule has 1 aliphatic heterocycles. The zero-order chi connectivity index (χ0) is 22.0. The summed E-state index contributed by atoms with van der Waals surface area (Å²) in [6, 6.07) is 18.4. The summed E-state index contributed by atoms with van der Waals surface area (Å²) in [4.78, 5) is 36.6. The van der Waals surface area contributed by atoms with Crippen LogP contribution >= 0.6 is 0 Å². The van der Waals surface area contributed by atoms with Crippen LogP contribution in [0.15, 0.2) is 72.5 Å². The average molecular weight is 414 g/mol. The van der Waals surface area contributed by atoms with Crippen molar-refractivity contribution in [3.63, 3.8) is 0 Å². The Kier molecular flexibility index (Phi) is 5.37. The van der Waals surface area contributed by atoms with Gasteiger partial charge in [0.15, 0.2) is 5.76 Å². The van der Waals surface area contributed by atoms with Gasteiger partial charge in [-0.1, -0.05) is 30.3 Å². The molecule has 0 aliphatic carbocycles. The molecule has 6 nitrogen and oxygen atoms in total. The SMILES string of the molecule is COC(=O)c1ccc(C=C2Oc3cc(OC(=O)c4ccccc4C)ccc3C2=O)cc1. The number of benzene rings is 3. The molecule has 0 unspecified atom stereocenters. The van der Waals surface area contributed by atoms with Crippen molar-refractivity contribution >= 4 is 23.8 Å². The van der Waals surface area contributed by atoms with Crippen molar-refractivity contribution in [2.75, 3.05) is 7.11 Å². The Hall–Kier alpha value is -4.19. The Bertz CT molecular complexity index is 1220. The molecular formula is C25H18O6. The van der Waals surface area contributed by atoms with E-state index in [1.165, 1.54) is 13.2 Å². The van der Waals surface area contributed by atoms with Gasteiger partial charge in [-0.2, -0.15) is 0 Å². The number of hydrogen-bond acceptors (Lipinski definition) is 6. The lowest BCUT2D eigenvalue weighted by molar-refractivity contribution is 0.0600. The number of hydrogen-bond donors (Lipinski definition) is 0. The third-order valence-corrected chi connectivity index (χ3v) is 4.85. The van der Waals surface area contributed by atoms with Crippen molar-refractivity contribution in [2.24, 2.45) is 0 Å². The molecule has 1 aliphatic rings. The first-order valence-electron chi connectivity index (χ1n) is 9.51. The van der Waals surface area contributed by atoms with Gasteiger partial charge in [0.1, 0.15) is 11.5 Å². The Morgan fingerprint density at radius 1 is 0.935 bits per heavy atom. The summed E-state index contributed by atoms with van der Waals surface area (Å²) in [7, 11) is 1.31. The predicted molar refractivity (Wildman–Crippen MR) is 113 cm³/mol. The van der Waals surface area contributed by atoms with Gasteiger partial charge in [0, 0.05) is 6.07 Å². The normalized spacial score (nSPS) is 13.5. The molecule has 0 aromatic heterocycles. The van der Waals surface area contributed by atoms with Gasteiger partial charge in [0.2, 0.25) is 5.78 Å². The number of ether oxygens (including phenoxy) is 3. The molecule has 0 N–H and O–H groups in total. The Labute approximate surface area is 178 Å². The molecule has 154 valence electrons. The molecule has 0 bridgehead atoms. The molecule has 3 aromatic carbocycles. The molecule has 0 fully saturated rings. The Morgan fingerprint density at radius 2 is 1.68 bits per heavy atom. The van der Waals surface area contributed by atoms with Gasteiger partial charge in [0.25, 0.3) is 0 Å². The van der Waals surface area contributed by atoms with Crippen LogP contribution in [-0.4, -0.2) is 24.8 Å². The van der Waals surface area contributed by atoms with Crippen molar-refractivity contribution in [3.8, 4) is 11.5 Å². The smallest absolute Gasteiger partial charge is 0.343 e. The van der Waals surface area contributed by atoms with Gasteiger partial charge < -0.3 is 14.2 Å². The van der Waals surface area contributed by atoms with E-state index < -0.39 is 11.9 Å². The van der Waals surface area contributed by atoms with E-state index in [1.54, 1.807) is 54.6 Å². The van der Waals surface area contributed by atoms with E-state index in [2.05, 4.69) is 4.74 Å². The first-order valence-corrected chi connectivity index (χ1v) is 9.51. The number of carbonyl (C=O) groups is 3. The van der Waals surface area contributed by atoms with Gasteiger partial charge in [-0.25, -0.2) is 9.59 Å². The van der Waals surface area contributed by atoms with Crippen molar-refractivity contribution in [1.29, 1.82) is 0 Å². The Morgan fingerprint density at radius 3 is 2.39 bits per heavy atom. The number of carbonyl (C=O) groups excluding carboxylic acids is 3. The first kappa shape index (κ1) is 20.1. The highest BCUT2D eigenvalue weighted by Crippen LogP contribution is 2.35. The van der Waals surface area contributed by atoms with E-state index in [1.807, 2.05) is 19.1 Å². The predicted octanol–water partition coefficient (Wildman–Crippen LogP) is 4.62. The molecule has 1 heterocycles. The molecule has 31 heavy (non-hydrogen) atoms. The summed E-state index contributed by atoms with van der Waals surface area (Å²) < 4.78 is 15.8. The van der Waals surface area contributed by atoms with E-state index in [4.69, 9.17) is 9.47 Å². The molecule has 0 saturated heterocycles. The molecule has 0 saturated carbocycles. The maximum absolute atomic E-state index is 12.6. The third-order valence-electron chi connectivity index (χ3n) is 4.85. The molecule has 0 spiro atoms. The number of ketones is 1. The fourth-order valence-electron chi connectivity index (χ4n) is 3.18. The summed E-state index contributed by atoms with van der Waals surface area (Å²) in [6.45, 7) is 1.83. The highest BCUT2D eigenvalue weighted by atomic mass is 16.5. The molecule has 6 heteroatoms. The largest absolute Gasteiger partial charge is 0.465 e. The van der Waals surface area contributed by atoms with E-state index in [0.29, 0.717) is 28.0 Å². The van der Waals surface area contributed by atoms with Crippen LogP contribution in [0.4, 0.5) is 0 Å². The second kappa shape index (κ2) is 8.28. The first-order chi connectivity index (χ1) is 15.0. The van der Waals surface area contributed by atoms with Crippen molar-refractivity contribution in [2.45, 2.75) is 6.92 Å². The fourth-order valence-corrected chi connectivity index (χ4v) is 3.18. The number of allylic oxidation sites excluding steroid dienone is 1. The van der Waals surface area contributed by atoms with Crippen LogP contribution in [0.2, 0.25) is 0 Å². The Balaban J connectivity index is 1.53. The molecule has 4 rings (SSSR count). The van der Waals surface area contributed by atoms with Gasteiger partial charge in [-0.3, -0.25) is 4.79 Å². The highest BCUT2D eigenvalue weighted by molar-refractivity contribution is 6.14. The van der Waals surface area contributed by atoms with Crippen LogP contribution in [0.5, 0.6) is 11.5 Å². The van der Waals surface area contributed by atoms with Crippen LogP contribution in [-0.2, 0) is 4.74 Å². The monoisotopic (exact) mass is 414 g/mol. The molecule has 0 radical (unpaired) electrons. The number of methoxy groups -OCH3 is 1. The molecule has 3 aromatic rings. The maximum atomic E-state index is 12.6. The zero-order valence-electron chi connectivity index (χ0n) is 16.9. The topological polar surface area (TPSA) is 78.9 Å². The van der Waals surface area contributed by atoms with Crippen LogP contribution in [0, 0.1) is 6.92 Å². The number of rotatable bonds is 4. The van der Waals surface area contributed by atoms with Gasteiger partial charge in [-0.15, -0.1) is 0 Å². The fraction of sp³-hybridized carbons (Fsp3) is 0.0800. The number of Topliss-reactive ketones (excluding diaryl/α,β-unsaturated/α-hetero) is 1. The van der Waals surface area contributed by atoms with E-state index in [0.717, 1.165) is 5.56 Å². The molecular weight excluding hydrogens is 396 g/mol. The van der Waals surface area contributed by atoms with Crippen LogP contribution in [0.25, 0.3) is 6.08 Å². The van der Waals surface area contributed by atoms with Crippen LogP contribution in [0.1, 0.15) is 42.2 Å². The van der Waals surface area contributed by atoms with Crippen LogP contribution < -0.4 is 9.47 Å². The lowest BCUT2D eigenvalue weighted by atomic mass is 10.1. The number of fused-ring (bicyclic) bond motifs is 1. The minimum Gasteiger partial charge on any atom is -0.465 e. The van der Waals surface area contributed by atoms with Crippen molar-refractivity contribution < 1.29 is 28.6 Å². The maximum Gasteiger partial charge on any atom is 0.343 e. The molecule has 0 amide bonds. The lowest BCUT2D eigenvalue weighted by Gasteiger charge is -2.07. The summed E-state index contributed by atoms with van der Waals surface area (Å²) >= 11 is 0. The van der Waals surface area contributed by atoms with Crippen molar-refractivity contribution in [1.82, 2.24) is 0 Å². The zero-order valence-corrected chi connectivity index (χ0v) is 16.9. The van der Waals surface area contributed by atoms with E-state index in [9.17, 15) is 14.4 Å². The van der Waals surface area contributed by atoms with Gasteiger partial charge in [0.05, 0.1) is 23.8 Å². The summed E-state index contributed by atoms with van der Waals surface area (Å²) in [5.74, 6) is -0.454. The average Bonchev–Trinajstić information content (AvgIpc) is 3.08. The minimum atomic E-state index is -0.483. The highest BCUT2D eigenvalue weighted by Gasteiger charge is 2.28. The summed E-state index contributed by atoms with van der Waals surface area (Å²) in [5.41, 5.74) is 2.76. The summed E-state index contributed by atoms with van der Waals surface area (Å²) in [5, 5.41) is 0. The number of esters is 2.